The van der Waals surface area contributed by atoms with Gasteiger partial charge in [-0.3, -0.25) is 4.79 Å². The van der Waals surface area contributed by atoms with Crippen molar-refractivity contribution in [3.63, 3.8) is 0 Å². The van der Waals surface area contributed by atoms with Gasteiger partial charge in [0.05, 0.1) is 30.0 Å². The first-order valence-corrected chi connectivity index (χ1v) is 11.2. The highest BCUT2D eigenvalue weighted by Crippen LogP contribution is 2.50. The van der Waals surface area contributed by atoms with Gasteiger partial charge < -0.3 is 4.74 Å². The molecule has 0 saturated carbocycles. The Kier molecular flexibility index (Phi) is 5.86. The van der Waals surface area contributed by atoms with Gasteiger partial charge in [-0.05, 0) is 50.1 Å². The molecule has 0 aromatic heterocycles. The number of sulfonamides is 1. The summed E-state index contributed by atoms with van der Waals surface area (Å²) in [6.07, 6.45) is 0.0436. The first-order chi connectivity index (χ1) is 13.6. The smallest absolute Gasteiger partial charge is 0.327 e. The number of rotatable bonds is 4. The van der Waals surface area contributed by atoms with Crippen molar-refractivity contribution in [2.24, 2.45) is 5.92 Å². The lowest BCUT2D eigenvalue weighted by Crippen LogP contribution is -2.52. The van der Waals surface area contributed by atoms with Gasteiger partial charge in [-0.1, -0.05) is 45.8 Å². The summed E-state index contributed by atoms with van der Waals surface area (Å²) in [6, 6.07) is 14.9. The van der Waals surface area contributed by atoms with Gasteiger partial charge in [0.25, 0.3) is 0 Å². The van der Waals surface area contributed by atoms with Crippen LogP contribution in [0.5, 0.6) is 0 Å². The van der Waals surface area contributed by atoms with Crippen LogP contribution in [0.1, 0.15) is 30.5 Å². The Morgan fingerprint density at radius 2 is 1.79 bits per heavy atom. The second-order valence-electron chi connectivity index (χ2n) is 7.32. The van der Waals surface area contributed by atoms with Crippen LogP contribution in [0.3, 0.4) is 0 Å². The van der Waals surface area contributed by atoms with Gasteiger partial charge in [0.2, 0.25) is 10.0 Å². The maximum atomic E-state index is 13.7. The molecule has 3 rings (SSSR count). The number of carbonyl (C=O) groups excluding carboxylic acids is 1. The lowest BCUT2D eigenvalue weighted by atomic mass is 9.91. The highest BCUT2D eigenvalue weighted by molar-refractivity contribution is 9.10. The van der Waals surface area contributed by atoms with E-state index in [1.165, 1.54) is 26.2 Å². The molecule has 1 aliphatic heterocycles. The number of hydrogen-bond acceptors (Lipinski definition) is 5. The van der Waals surface area contributed by atoms with Gasteiger partial charge in [-0.25, -0.2) is 8.42 Å². The molecule has 0 radical (unpaired) electrons. The number of nitrogens with zero attached hydrogens (tertiary/aromatic N) is 2. The summed E-state index contributed by atoms with van der Waals surface area (Å²) in [6.45, 7) is 3.38. The van der Waals surface area contributed by atoms with Crippen LogP contribution in [0, 0.1) is 24.2 Å². The fourth-order valence-corrected chi connectivity index (χ4v) is 6.09. The molecule has 1 saturated heterocycles. The van der Waals surface area contributed by atoms with Crippen molar-refractivity contribution in [2.75, 3.05) is 7.11 Å². The van der Waals surface area contributed by atoms with Crippen LogP contribution in [0.2, 0.25) is 0 Å². The van der Waals surface area contributed by atoms with Gasteiger partial charge in [-0.2, -0.15) is 9.57 Å². The monoisotopic (exact) mass is 476 g/mol. The molecule has 1 aliphatic rings. The maximum Gasteiger partial charge on any atom is 0.327 e. The van der Waals surface area contributed by atoms with Crippen molar-refractivity contribution in [3.8, 4) is 6.07 Å². The minimum atomic E-state index is -4.10. The number of carbonyl (C=O) groups is 1. The summed E-state index contributed by atoms with van der Waals surface area (Å²) in [5.74, 6) is -1.39. The zero-order valence-electron chi connectivity index (χ0n) is 16.3. The van der Waals surface area contributed by atoms with Gasteiger partial charge in [0.1, 0.15) is 5.54 Å². The van der Waals surface area contributed by atoms with Crippen LogP contribution >= 0.6 is 15.9 Å². The molecule has 1 heterocycles. The van der Waals surface area contributed by atoms with Crippen molar-refractivity contribution in [2.45, 2.75) is 36.7 Å². The fourth-order valence-electron chi connectivity index (χ4n) is 3.88. The van der Waals surface area contributed by atoms with Crippen LogP contribution in [0.15, 0.2) is 57.9 Å². The number of nitriles is 1. The molecule has 0 spiro atoms. The molecule has 6 nitrogen and oxygen atoms in total. The number of benzene rings is 2. The fraction of sp³-hybridized carbons (Fsp3) is 0.333. The van der Waals surface area contributed by atoms with E-state index in [1.807, 2.05) is 6.92 Å². The highest BCUT2D eigenvalue weighted by Gasteiger charge is 2.59. The molecule has 8 heteroatoms. The molecule has 2 aromatic carbocycles. The van der Waals surface area contributed by atoms with Gasteiger partial charge in [-0.15, -0.1) is 0 Å². The standard InChI is InChI=1S/C21H21BrN2O4S/c1-14-4-10-18(11-5-14)29(26,27)24-19(15-6-8-17(22)9-7-15)16(13-23)12-21(24,2)20(25)28-3/h4-11,16,19H,12H2,1-3H3/t16-,19+,21+/m1/s1. The van der Waals surface area contributed by atoms with Gasteiger partial charge in [0, 0.05) is 4.47 Å². The Hall–Kier alpha value is -2.21. The zero-order valence-corrected chi connectivity index (χ0v) is 18.7. The van der Waals surface area contributed by atoms with Gasteiger partial charge >= 0.3 is 5.97 Å². The zero-order chi connectivity index (χ0) is 21.4. The van der Waals surface area contributed by atoms with Crippen molar-refractivity contribution in [3.05, 3.63) is 64.1 Å². The molecular weight excluding hydrogens is 456 g/mol. The highest BCUT2D eigenvalue weighted by atomic mass is 79.9. The van der Waals surface area contributed by atoms with E-state index < -0.39 is 33.5 Å². The Balaban J connectivity index is 2.24. The third-order valence-electron chi connectivity index (χ3n) is 5.32. The summed E-state index contributed by atoms with van der Waals surface area (Å²) in [4.78, 5) is 12.8. The predicted molar refractivity (Wildman–Crippen MR) is 111 cm³/mol. The molecule has 1 fully saturated rings. The molecule has 152 valence electrons. The summed E-state index contributed by atoms with van der Waals surface area (Å²) < 4.78 is 34.3. The van der Waals surface area contributed by atoms with Crippen LogP contribution in [-0.4, -0.2) is 31.3 Å². The predicted octanol–water partition coefficient (Wildman–Crippen LogP) is 3.96. The first-order valence-electron chi connectivity index (χ1n) is 9.00. The molecule has 2 aromatic rings. The molecule has 0 bridgehead atoms. The van der Waals surface area contributed by atoms with Crippen molar-refractivity contribution < 1.29 is 17.9 Å². The lowest BCUT2D eigenvalue weighted by molar-refractivity contribution is -0.150. The second-order valence-corrected chi connectivity index (χ2v) is 10.0. The van der Waals surface area contributed by atoms with E-state index in [-0.39, 0.29) is 11.3 Å². The largest absolute Gasteiger partial charge is 0.468 e. The van der Waals surface area contributed by atoms with Crippen molar-refractivity contribution in [1.29, 1.82) is 5.26 Å². The number of methoxy groups -OCH3 is 1. The van der Waals surface area contributed by atoms with Crippen LogP contribution in [0.25, 0.3) is 0 Å². The van der Waals surface area contributed by atoms with E-state index in [0.29, 0.717) is 5.56 Å². The first kappa shape index (κ1) is 21.5. The van der Waals surface area contributed by atoms with E-state index in [4.69, 9.17) is 4.74 Å². The number of aryl methyl sites for hydroxylation is 1. The lowest BCUT2D eigenvalue weighted by Gasteiger charge is -2.35. The Bertz CT molecular complexity index is 1060. The summed E-state index contributed by atoms with van der Waals surface area (Å²) in [5.41, 5.74) is 0.0555. The van der Waals surface area contributed by atoms with Gasteiger partial charge in [0.15, 0.2) is 0 Å². The van der Waals surface area contributed by atoms with E-state index in [9.17, 15) is 18.5 Å². The molecule has 0 amide bonds. The van der Waals surface area contributed by atoms with Crippen LogP contribution in [-0.2, 0) is 19.6 Å². The normalized spacial score (nSPS) is 24.8. The maximum absolute atomic E-state index is 13.7. The third kappa shape index (κ3) is 3.70. The molecule has 29 heavy (non-hydrogen) atoms. The Morgan fingerprint density at radius 3 is 2.31 bits per heavy atom. The average Bonchev–Trinajstić information content (AvgIpc) is 3.02. The average molecular weight is 477 g/mol. The number of esters is 1. The molecule has 0 N–H and O–H groups in total. The third-order valence-corrected chi connectivity index (χ3v) is 7.86. The minimum Gasteiger partial charge on any atom is -0.468 e. The molecular formula is C21H21BrN2O4S. The SMILES string of the molecule is COC(=O)[C@]1(C)C[C@H](C#N)[C@H](c2ccc(Br)cc2)N1S(=O)(=O)c1ccc(C)cc1. The Labute approximate surface area is 179 Å². The second kappa shape index (κ2) is 7.90. The van der Waals surface area contributed by atoms with Crippen molar-refractivity contribution >= 4 is 31.9 Å². The molecule has 0 unspecified atom stereocenters. The summed E-state index contributed by atoms with van der Waals surface area (Å²) >= 11 is 3.37. The topological polar surface area (TPSA) is 87.5 Å². The van der Waals surface area contributed by atoms with Crippen LogP contribution < -0.4 is 0 Å². The molecule has 0 aliphatic carbocycles. The van der Waals surface area contributed by atoms with E-state index in [2.05, 4.69) is 22.0 Å². The summed E-state index contributed by atoms with van der Waals surface area (Å²) in [7, 11) is -2.88. The number of ether oxygens (including phenoxy) is 1. The number of hydrogen-bond donors (Lipinski definition) is 0. The quantitative estimate of drug-likeness (QED) is 0.622. The molecule has 3 atom stereocenters. The van der Waals surface area contributed by atoms with E-state index >= 15 is 0 Å². The van der Waals surface area contributed by atoms with E-state index in [1.54, 1.807) is 36.4 Å². The minimum absolute atomic E-state index is 0.0436. The Morgan fingerprint density at radius 1 is 1.21 bits per heavy atom. The van der Waals surface area contributed by atoms with E-state index in [0.717, 1.165) is 14.3 Å². The van der Waals surface area contributed by atoms with Crippen molar-refractivity contribution in [1.82, 2.24) is 4.31 Å². The summed E-state index contributed by atoms with van der Waals surface area (Å²) in [5, 5.41) is 9.80. The number of halogens is 1. The van der Waals surface area contributed by atoms with Crippen LogP contribution in [0.4, 0.5) is 0 Å².